The molecule has 0 radical (unpaired) electrons. The molecule has 0 saturated carbocycles. The number of halogens is 1. The Morgan fingerprint density at radius 3 is 2.46 bits per heavy atom. The van der Waals surface area contributed by atoms with E-state index in [1.54, 1.807) is 41.9 Å². The van der Waals surface area contributed by atoms with Crippen LogP contribution in [0.5, 0.6) is 0 Å². The predicted octanol–water partition coefficient (Wildman–Crippen LogP) is 4.80. The van der Waals surface area contributed by atoms with E-state index in [-0.39, 0.29) is 5.56 Å². The number of hydrogen-bond donors (Lipinski definition) is 2. The Labute approximate surface area is 245 Å². The molecular weight excluding hydrogens is 536 g/mol. The van der Waals surface area contributed by atoms with Gasteiger partial charge in [-0.1, -0.05) is 60.6 Å². The Balaban J connectivity index is 1.68. The van der Waals surface area contributed by atoms with E-state index in [1.165, 1.54) is 6.20 Å². The summed E-state index contributed by atoms with van der Waals surface area (Å²) < 4.78 is 7.08. The second-order valence-corrected chi connectivity index (χ2v) is 10.8. The van der Waals surface area contributed by atoms with Crippen molar-refractivity contribution in [2.24, 2.45) is 12.8 Å². The summed E-state index contributed by atoms with van der Waals surface area (Å²) in [6, 6.07) is 22.6. The maximum atomic E-state index is 12.9. The number of fused-ring (bicyclic) bond motifs is 1. The molecule has 2 heterocycles. The third-order valence-electron chi connectivity index (χ3n) is 7.86. The third kappa shape index (κ3) is 5.54. The van der Waals surface area contributed by atoms with Crippen LogP contribution in [0.15, 0.2) is 102 Å². The van der Waals surface area contributed by atoms with E-state index >= 15 is 0 Å². The number of hydrogen-bond acceptors (Lipinski definition) is 6. The summed E-state index contributed by atoms with van der Waals surface area (Å²) in [4.78, 5) is 17.0. The van der Waals surface area contributed by atoms with Gasteiger partial charge in [-0.05, 0) is 58.3 Å². The molecule has 212 valence electrons. The second-order valence-electron chi connectivity index (χ2n) is 10.3. The van der Waals surface area contributed by atoms with Gasteiger partial charge in [-0.2, -0.15) is 0 Å². The van der Waals surface area contributed by atoms with Crippen LogP contribution < -0.4 is 11.3 Å². The summed E-state index contributed by atoms with van der Waals surface area (Å²) in [7, 11) is 3.54. The average molecular weight is 571 g/mol. The standard InChI is InChI=1S/C33H35ClN4O3/c1-4-36(2)31(21-35)33(40,25-10-8-23(9-11-25)22-38-14-16-41-17-15-38)26-12-13-30-29(19-26)28(20-32(39)37(30)3)24-6-5-7-27(34)18-24/h4-13,18-21,40H,1,14-17,22,35H2,2-3H3/b31-21-. The average Bonchev–Trinajstić information content (AvgIpc) is 2.99. The van der Waals surface area contributed by atoms with Crippen LogP contribution in [0.25, 0.3) is 22.0 Å². The van der Waals surface area contributed by atoms with E-state index in [0.717, 1.165) is 60.4 Å². The lowest BCUT2D eigenvalue weighted by molar-refractivity contribution is 0.0342. The molecule has 0 bridgehead atoms. The first-order valence-electron chi connectivity index (χ1n) is 13.6. The van der Waals surface area contributed by atoms with Crippen LogP contribution in [-0.4, -0.2) is 52.8 Å². The lowest BCUT2D eigenvalue weighted by Gasteiger charge is -2.36. The number of ether oxygens (including phenoxy) is 1. The van der Waals surface area contributed by atoms with Gasteiger partial charge in [0.2, 0.25) is 0 Å². The molecule has 1 saturated heterocycles. The van der Waals surface area contributed by atoms with Crippen molar-refractivity contribution in [3.8, 4) is 11.1 Å². The van der Waals surface area contributed by atoms with Crippen LogP contribution in [0.2, 0.25) is 5.02 Å². The molecule has 4 aromatic rings. The van der Waals surface area contributed by atoms with E-state index in [4.69, 9.17) is 22.1 Å². The SMILES string of the molecule is C=CN(C)/C(=C\N)C(O)(c1ccc(CN2CCOCC2)cc1)c1ccc2c(c1)c(-c1cccc(Cl)c1)cc(=O)n2C. The molecule has 0 aliphatic carbocycles. The molecular formula is C33H35ClN4O3. The van der Waals surface area contributed by atoms with Gasteiger partial charge in [0.1, 0.15) is 0 Å². The molecule has 1 aromatic heterocycles. The number of nitrogens with two attached hydrogens (primary N) is 1. The zero-order chi connectivity index (χ0) is 29.1. The van der Waals surface area contributed by atoms with E-state index in [9.17, 15) is 9.90 Å². The number of aromatic nitrogens is 1. The van der Waals surface area contributed by atoms with Crippen molar-refractivity contribution in [2.75, 3.05) is 33.4 Å². The minimum Gasteiger partial charge on any atom is -0.403 e. The number of aryl methyl sites for hydroxylation is 1. The first-order valence-corrected chi connectivity index (χ1v) is 13.9. The highest BCUT2D eigenvalue weighted by molar-refractivity contribution is 6.30. The van der Waals surface area contributed by atoms with Crippen molar-refractivity contribution < 1.29 is 9.84 Å². The number of benzene rings is 3. The molecule has 1 fully saturated rings. The van der Waals surface area contributed by atoms with E-state index in [2.05, 4.69) is 11.5 Å². The van der Waals surface area contributed by atoms with Gasteiger partial charge in [0, 0.05) is 56.4 Å². The summed E-state index contributed by atoms with van der Waals surface area (Å²) in [5.74, 6) is 0. The fourth-order valence-electron chi connectivity index (χ4n) is 5.50. The second kappa shape index (κ2) is 11.9. The van der Waals surface area contributed by atoms with E-state index in [0.29, 0.717) is 21.8 Å². The summed E-state index contributed by atoms with van der Waals surface area (Å²) in [6.45, 7) is 7.96. The first kappa shape index (κ1) is 28.6. The molecule has 0 spiro atoms. The Hall–Kier alpha value is -3.88. The van der Waals surface area contributed by atoms with Crippen LogP contribution in [0.3, 0.4) is 0 Å². The molecule has 1 aliphatic rings. The van der Waals surface area contributed by atoms with Crippen LogP contribution in [0, 0.1) is 0 Å². The number of pyridine rings is 1. The van der Waals surface area contributed by atoms with Crippen molar-refractivity contribution in [2.45, 2.75) is 12.1 Å². The van der Waals surface area contributed by atoms with Gasteiger partial charge in [-0.3, -0.25) is 9.69 Å². The molecule has 3 N–H and O–H groups in total. The topological polar surface area (TPSA) is 84.0 Å². The van der Waals surface area contributed by atoms with E-state index in [1.807, 2.05) is 60.7 Å². The van der Waals surface area contributed by atoms with Gasteiger partial charge in [0.25, 0.3) is 5.56 Å². The monoisotopic (exact) mass is 570 g/mol. The zero-order valence-electron chi connectivity index (χ0n) is 23.4. The summed E-state index contributed by atoms with van der Waals surface area (Å²) in [5.41, 5.74) is 9.52. The zero-order valence-corrected chi connectivity index (χ0v) is 24.1. The maximum Gasteiger partial charge on any atom is 0.251 e. The van der Waals surface area contributed by atoms with Crippen molar-refractivity contribution in [1.29, 1.82) is 0 Å². The van der Waals surface area contributed by atoms with Crippen molar-refractivity contribution >= 4 is 22.5 Å². The minimum atomic E-state index is -1.62. The minimum absolute atomic E-state index is 0.139. The van der Waals surface area contributed by atoms with Gasteiger partial charge in [0.05, 0.1) is 24.4 Å². The van der Waals surface area contributed by atoms with Crippen LogP contribution >= 0.6 is 11.6 Å². The van der Waals surface area contributed by atoms with Gasteiger partial charge >= 0.3 is 0 Å². The Morgan fingerprint density at radius 1 is 1.10 bits per heavy atom. The van der Waals surface area contributed by atoms with Crippen LogP contribution in [-0.2, 0) is 23.9 Å². The number of rotatable bonds is 8. The molecule has 3 aromatic carbocycles. The molecule has 1 aliphatic heterocycles. The highest BCUT2D eigenvalue weighted by atomic mass is 35.5. The molecule has 5 rings (SSSR count). The van der Waals surface area contributed by atoms with Crippen molar-refractivity contribution in [1.82, 2.24) is 14.4 Å². The number of morpholine rings is 1. The smallest absolute Gasteiger partial charge is 0.251 e. The number of nitrogens with zero attached hydrogens (tertiary/aromatic N) is 3. The van der Waals surface area contributed by atoms with Crippen LogP contribution in [0.4, 0.5) is 0 Å². The molecule has 0 amide bonds. The van der Waals surface area contributed by atoms with E-state index < -0.39 is 5.60 Å². The lowest BCUT2D eigenvalue weighted by Crippen LogP contribution is -2.37. The number of aliphatic hydroxyl groups is 1. The van der Waals surface area contributed by atoms with Crippen LogP contribution in [0.1, 0.15) is 16.7 Å². The molecule has 8 heteroatoms. The summed E-state index contributed by atoms with van der Waals surface area (Å²) in [5, 5.41) is 14.0. The Morgan fingerprint density at radius 2 is 1.80 bits per heavy atom. The fourth-order valence-corrected chi connectivity index (χ4v) is 5.69. The quantitative estimate of drug-likeness (QED) is 0.316. The van der Waals surface area contributed by atoms with Crippen molar-refractivity contribution in [3.05, 3.63) is 130 Å². The fraction of sp³-hybridized carbons (Fsp3) is 0.242. The largest absolute Gasteiger partial charge is 0.403 e. The molecule has 1 atom stereocenters. The van der Waals surface area contributed by atoms with Gasteiger partial charge in [0.15, 0.2) is 5.60 Å². The number of likely N-dealkylation sites (N-methyl/N-ethyl adjacent to an activating group) is 1. The Bertz CT molecular complexity index is 1660. The summed E-state index contributed by atoms with van der Waals surface area (Å²) in [6.07, 6.45) is 3.02. The highest BCUT2D eigenvalue weighted by Gasteiger charge is 2.38. The lowest BCUT2D eigenvalue weighted by atomic mass is 9.81. The van der Waals surface area contributed by atoms with Gasteiger partial charge in [-0.15, -0.1) is 0 Å². The van der Waals surface area contributed by atoms with Gasteiger partial charge < -0.3 is 25.0 Å². The first-order chi connectivity index (χ1) is 19.8. The van der Waals surface area contributed by atoms with Gasteiger partial charge in [-0.25, -0.2) is 0 Å². The Kier molecular flexibility index (Phi) is 8.33. The predicted molar refractivity (Wildman–Crippen MR) is 165 cm³/mol. The molecule has 1 unspecified atom stereocenters. The molecule has 7 nitrogen and oxygen atoms in total. The third-order valence-corrected chi connectivity index (χ3v) is 8.10. The molecule has 41 heavy (non-hydrogen) atoms. The normalized spacial score (nSPS) is 16.0. The highest BCUT2D eigenvalue weighted by Crippen LogP contribution is 2.40. The van der Waals surface area contributed by atoms with Crippen molar-refractivity contribution in [3.63, 3.8) is 0 Å². The summed E-state index contributed by atoms with van der Waals surface area (Å²) >= 11 is 6.32. The maximum absolute atomic E-state index is 12.9.